The molecule has 0 heterocycles. The Labute approximate surface area is 471 Å². The van der Waals surface area contributed by atoms with Crippen molar-refractivity contribution in [1.29, 1.82) is 5.26 Å². The number of rotatable bonds is 4. The van der Waals surface area contributed by atoms with E-state index in [1.54, 1.807) is 77.6 Å². The molecule has 75 heavy (non-hydrogen) atoms. The maximum absolute atomic E-state index is 7.89. The van der Waals surface area contributed by atoms with Gasteiger partial charge in [0.05, 0.1) is 11.6 Å². The van der Waals surface area contributed by atoms with Crippen LogP contribution in [0.3, 0.4) is 0 Å². The first kappa shape index (κ1) is 57.5. The smallest absolute Gasteiger partial charge is 0.0649 e. The third-order valence-electron chi connectivity index (χ3n) is 18.4. The van der Waals surface area contributed by atoms with Gasteiger partial charge in [0.25, 0.3) is 0 Å². The van der Waals surface area contributed by atoms with Crippen molar-refractivity contribution in [3.8, 4) is 6.07 Å². The van der Waals surface area contributed by atoms with E-state index in [-0.39, 0.29) is 36.0 Å². The predicted molar refractivity (Wildman–Crippen MR) is 331 cm³/mol. The molecular formula is C74H115N. The van der Waals surface area contributed by atoms with Gasteiger partial charge in [-0.25, -0.2) is 0 Å². The van der Waals surface area contributed by atoms with Crippen molar-refractivity contribution >= 4 is 0 Å². The van der Waals surface area contributed by atoms with Crippen LogP contribution in [0.25, 0.3) is 0 Å². The molecule has 4 aromatic carbocycles. The minimum atomic E-state index is -0.0674. The maximum atomic E-state index is 7.89. The highest BCUT2D eigenvalue weighted by molar-refractivity contribution is 5.39. The van der Waals surface area contributed by atoms with E-state index in [0.29, 0.717) is 39.7 Å². The van der Waals surface area contributed by atoms with Crippen LogP contribution >= 0.6 is 0 Å². The summed E-state index contributed by atoms with van der Waals surface area (Å²) in [5.74, 6) is 11.1. The summed E-state index contributed by atoms with van der Waals surface area (Å²) >= 11 is 0. The minimum Gasteiger partial charge on any atom is -0.198 e. The van der Waals surface area contributed by atoms with Gasteiger partial charge < -0.3 is 0 Å². The van der Waals surface area contributed by atoms with E-state index in [9.17, 15) is 0 Å². The number of hydrogen-bond acceptors (Lipinski definition) is 1. The van der Waals surface area contributed by atoms with Crippen LogP contribution in [0.2, 0.25) is 0 Å². The van der Waals surface area contributed by atoms with Crippen molar-refractivity contribution in [2.24, 2.45) is 69.5 Å². The molecule has 8 fully saturated rings. The Hall–Kier alpha value is -3.63. The topological polar surface area (TPSA) is 23.8 Å². The molecule has 8 aliphatic rings. The van der Waals surface area contributed by atoms with Crippen molar-refractivity contribution in [1.82, 2.24) is 0 Å². The number of benzene rings is 4. The zero-order valence-electron chi connectivity index (χ0n) is 56.5. The summed E-state index contributed by atoms with van der Waals surface area (Å²) in [6, 6.07) is 23.8. The highest BCUT2D eigenvalue weighted by Crippen LogP contribution is 2.66. The van der Waals surface area contributed by atoms with Gasteiger partial charge in [-0.05, 0) is 258 Å². The SMILES string of the molecule is CC(C)(C)C12CC3CC(CC(C3)C1)C2.CC(C)(C)C1C2CC3CC(C2)CC1C3.CC(C)C#N.CC(C)c1ccccc1.Cc1cc(C)c(C(C)C)c(C)c1.Cc1cccc(C)c1C(C)C.[2H]c1c([2H])c(C)c([2H])c(C(C)C)c1[2H]. The lowest BCUT2D eigenvalue weighted by molar-refractivity contribution is -0.113. The Balaban J connectivity index is 0.000000202. The maximum Gasteiger partial charge on any atom is 0.0649 e. The minimum absolute atomic E-state index is 0.00407. The lowest BCUT2D eigenvalue weighted by Crippen LogP contribution is -2.51. The molecule has 0 amide bonds. The molecule has 4 aromatic rings. The Kier molecular flexibility index (Phi) is 21.7. The largest absolute Gasteiger partial charge is 0.198 e. The third kappa shape index (κ3) is 18.8. The van der Waals surface area contributed by atoms with Crippen LogP contribution in [0.4, 0.5) is 0 Å². The summed E-state index contributed by atoms with van der Waals surface area (Å²) in [6.45, 7) is 48.4. The molecule has 0 saturated heterocycles. The molecule has 0 aliphatic heterocycles. The second kappa shape index (κ2) is 28.3. The van der Waals surface area contributed by atoms with Crippen LogP contribution in [0.5, 0.6) is 0 Å². The van der Waals surface area contributed by atoms with E-state index >= 15 is 0 Å². The Morgan fingerprint density at radius 3 is 1.23 bits per heavy atom. The Morgan fingerprint density at radius 2 is 0.893 bits per heavy atom. The van der Waals surface area contributed by atoms with Gasteiger partial charge in [-0.1, -0.05) is 193 Å². The quantitative estimate of drug-likeness (QED) is 0.200. The van der Waals surface area contributed by atoms with Crippen molar-refractivity contribution in [2.45, 2.75) is 247 Å². The zero-order valence-corrected chi connectivity index (χ0v) is 52.5. The third-order valence-corrected chi connectivity index (χ3v) is 18.4. The van der Waals surface area contributed by atoms with Crippen LogP contribution < -0.4 is 0 Å². The fraction of sp³-hybridized carbons (Fsp3) is 0.662. The molecule has 416 valence electrons. The van der Waals surface area contributed by atoms with Gasteiger partial charge >= 0.3 is 0 Å². The molecule has 0 N–H and O–H groups in total. The Bertz CT molecular complexity index is 2440. The zero-order chi connectivity index (χ0) is 59.6. The molecule has 0 radical (unpaired) electrons. The number of hydrogen-bond donors (Lipinski definition) is 0. The summed E-state index contributed by atoms with van der Waals surface area (Å²) in [5.41, 5.74) is 14.4. The van der Waals surface area contributed by atoms with E-state index in [4.69, 9.17) is 10.7 Å². The van der Waals surface area contributed by atoms with Crippen LogP contribution in [0, 0.1) is 122 Å². The first-order valence-electron chi connectivity index (χ1n) is 32.3. The summed E-state index contributed by atoms with van der Waals surface area (Å²) in [6.07, 6.45) is 17.3. The fourth-order valence-corrected chi connectivity index (χ4v) is 15.8. The average Bonchev–Trinajstić information content (AvgIpc) is 3.32. The van der Waals surface area contributed by atoms with Gasteiger partial charge in [0.2, 0.25) is 0 Å². The summed E-state index contributed by atoms with van der Waals surface area (Å²) in [4.78, 5) is 0. The highest BCUT2D eigenvalue weighted by atomic mass is 14.6. The molecule has 0 aromatic heterocycles. The van der Waals surface area contributed by atoms with E-state index in [1.807, 2.05) is 39.8 Å². The second-order valence-corrected chi connectivity index (χ2v) is 28.7. The monoisotopic (exact) mass is 1020 g/mol. The predicted octanol–water partition coefficient (Wildman–Crippen LogP) is 22.6. The normalized spacial score (nSPS) is 26.3. The molecular weight excluding hydrogens is 903 g/mol. The number of nitriles is 1. The summed E-state index contributed by atoms with van der Waals surface area (Å²) in [7, 11) is 0. The van der Waals surface area contributed by atoms with E-state index in [2.05, 4.69) is 172 Å². The highest BCUT2D eigenvalue weighted by Gasteiger charge is 2.55. The van der Waals surface area contributed by atoms with Gasteiger partial charge in [-0.2, -0.15) is 5.26 Å². The Morgan fingerprint density at radius 1 is 0.493 bits per heavy atom. The summed E-state index contributed by atoms with van der Waals surface area (Å²) < 4.78 is 30.6. The van der Waals surface area contributed by atoms with Gasteiger partial charge in [-0.3, -0.25) is 0 Å². The van der Waals surface area contributed by atoms with Gasteiger partial charge in [0, 0.05) is 5.92 Å². The lowest BCUT2D eigenvalue weighted by atomic mass is 9.43. The van der Waals surface area contributed by atoms with Gasteiger partial charge in [-0.15, -0.1) is 0 Å². The molecule has 0 atom stereocenters. The summed E-state index contributed by atoms with van der Waals surface area (Å²) in [5, 5.41) is 7.89. The van der Waals surface area contributed by atoms with Crippen molar-refractivity contribution in [3.63, 3.8) is 0 Å². The molecule has 12 rings (SSSR count). The van der Waals surface area contributed by atoms with Crippen LogP contribution in [-0.4, -0.2) is 0 Å². The standard InChI is InChI=1S/2C14H24.C12H18.C11H16.C10H14.C9H12.C4H7N/c1-13(2,3)14-7-10-4-11(8-14)6-12(5-10)9-14;1-14(2,3)13-11-5-9-4-10(7-11)8-12(13)6-9;1-8(2)12-10(4)6-9(3)7-11(12)5;1-8(2)11-9(3)6-5-7-10(11)4;1-8(2)10-6-4-5-9(3)7-10;1-8(2)9-6-4-3-5-7-9;1-4(2)3-5/h10-12H,4-9H2,1-3H3;9-13H,4-8H2,1-3H3;6-8H,1-5H3;5-8H,1-4H3;4-8H,1-3H3;3-8H,1-2H3;4H,1-2H3/i;;;;4D,5D,6D,7D;;. The first-order valence-corrected chi connectivity index (χ1v) is 30.3. The fourth-order valence-electron chi connectivity index (χ4n) is 15.8. The van der Waals surface area contributed by atoms with Crippen LogP contribution in [0.15, 0.2) is 84.8 Å². The van der Waals surface area contributed by atoms with Gasteiger partial charge in [0.15, 0.2) is 0 Å². The molecule has 1 heteroatoms. The van der Waals surface area contributed by atoms with Crippen molar-refractivity contribution in [3.05, 3.63) is 140 Å². The molecule has 0 unspecified atom stereocenters. The average molecular weight is 1020 g/mol. The number of nitrogens with zero attached hydrogens (tertiary/aromatic N) is 1. The van der Waals surface area contributed by atoms with Gasteiger partial charge in [0.1, 0.15) is 0 Å². The molecule has 8 aliphatic carbocycles. The van der Waals surface area contributed by atoms with Crippen molar-refractivity contribution in [2.75, 3.05) is 0 Å². The number of aryl methyl sites for hydroxylation is 5. The first-order chi connectivity index (χ1) is 36.6. The van der Waals surface area contributed by atoms with Crippen molar-refractivity contribution < 1.29 is 5.48 Å². The molecule has 1 nitrogen and oxygen atoms in total. The van der Waals surface area contributed by atoms with E-state index in [0.717, 1.165) is 52.8 Å². The molecule has 0 spiro atoms. The molecule has 8 bridgehead atoms. The second-order valence-electron chi connectivity index (χ2n) is 28.7. The van der Waals surface area contributed by atoms with E-state index in [1.165, 1.54) is 44.5 Å². The van der Waals surface area contributed by atoms with Crippen LogP contribution in [0.1, 0.15) is 266 Å². The van der Waals surface area contributed by atoms with E-state index < -0.39 is 0 Å². The van der Waals surface area contributed by atoms with Crippen LogP contribution in [-0.2, 0) is 0 Å². The lowest BCUT2D eigenvalue weighted by Gasteiger charge is -2.62. The molecule has 8 saturated carbocycles.